The summed E-state index contributed by atoms with van der Waals surface area (Å²) in [6.45, 7) is 0. The Morgan fingerprint density at radius 2 is 1.80 bits per heavy atom. The first kappa shape index (κ1) is 14.1. The Bertz CT molecular complexity index is 1310. The van der Waals surface area contributed by atoms with E-state index in [1.807, 2.05) is 54.6 Å². The molecule has 0 spiro atoms. The van der Waals surface area contributed by atoms with Crippen molar-refractivity contribution in [3.05, 3.63) is 60.2 Å². The van der Waals surface area contributed by atoms with Gasteiger partial charge >= 0.3 is 0 Å². The number of aromatic nitrogens is 5. The average molecular weight is 346 g/mol. The van der Waals surface area contributed by atoms with Gasteiger partial charge in [0.25, 0.3) is 0 Å². The SMILES string of the molecule is N=c1oc2ccccc2cc1Sc1nnc2c3ccccc3nnn12. The zero-order valence-corrected chi connectivity index (χ0v) is 13.6. The largest absolute Gasteiger partial charge is 0.438 e. The van der Waals surface area contributed by atoms with Crippen LogP contribution in [0.1, 0.15) is 0 Å². The Labute approximate surface area is 144 Å². The van der Waals surface area contributed by atoms with Gasteiger partial charge in [-0.1, -0.05) is 35.5 Å². The molecule has 0 bridgehead atoms. The summed E-state index contributed by atoms with van der Waals surface area (Å²) in [5.41, 5.74) is 2.15. The van der Waals surface area contributed by atoms with Crippen LogP contribution in [0.25, 0.3) is 27.5 Å². The highest BCUT2D eigenvalue weighted by molar-refractivity contribution is 7.99. The van der Waals surface area contributed by atoms with E-state index >= 15 is 0 Å². The molecule has 1 N–H and O–H groups in total. The second-order valence-electron chi connectivity index (χ2n) is 5.40. The first-order valence-electron chi connectivity index (χ1n) is 7.52. The van der Waals surface area contributed by atoms with Gasteiger partial charge in [-0.3, -0.25) is 5.41 Å². The molecule has 0 unspecified atom stereocenters. The summed E-state index contributed by atoms with van der Waals surface area (Å²) in [6, 6.07) is 17.1. The van der Waals surface area contributed by atoms with Gasteiger partial charge in [0.05, 0.1) is 10.4 Å². The molecule has 0 atom stereocenters. The van der Waals surface area contributed by atoms with E-state index in [1.165, 1.54) is 11.8 Å². The minimum absolute atomic E-state index is 0.0780. The Kier molecular flexibility index (Phi) is 3.04. The molecule has 2 aromatic carbocycles. The third-order valence-electron chi connectivity index (χ3n) is 3.84. The van der Waals surface area contributed by atoms with E-state index in [9.17, 15) is 0 Å². The third-order valence-corrected chi connectivity index (χ3v) is 4.80. The fraction of sp³-hybridized carbons (Fsp3) is 0. The summed E-state index contributed by atoms with van der Waals surface area (Å²) in [4.78, 5) is 0.642. The Hall–Kier alpha value is -3.26. The summed E-state index contributed by atoms with van der Waals surface area (Å²) in [7, 11) is 0. The van der Waals surface area contributed by atoms with E-state index in [0.717, 1.165) is 16.3 Å². The maximum absolute atomic E-state index is 8.11. The lowest BCUT2D eigenvalue weighted by Gasteiger charge is -2.02. The summed E-state index contributed by atoms with van der Waals surface area (Å²) in [5.74, 6) is 0. The second-order valence-corrected chi connectivity index (χ2v) is 6.41. The van der Waals surface area contributed by atoms with Crippen LogP contribution in [0.5, 0.6) is 0 Å². The molecule has 8 heteroatoms. The third kappa shape index (κ3) is 2.26. The van der Waals surface area contributed by atoms with Crippen molar-refractivity contribution >= 4 is 39.3 Å². The molecule has 0 radical (unpaired) electrons. The molecule has 0 aliphatic carbocycles. The van der Waals surface area contributed by atoms with Crippen molar-refractivity contribution in [3.63, 3.8) is 0 Å². The molecule has 120 valence electrons. The van der Waals surface area contributed by atoms with Crippen LogP contribution in [0.4, 0.5) is 0 Å². The number of nitrogens with zero attached hydrogens (tertiary/aromatic N) is 5. The fourth-order valence-electron chi connectivity index (χ4n) is 2.65. The lowest BCUT2D eigenvalue weighted by molar-refractivity contribution is 0.514. The second kappa shape index (κ2) is 5.38. The summed E-state index contributed by atoms with van der Waals surface area (Å²) < 4.78 is 7.16. The lowest BCUT2D eigenvalue weighted by Crippen LogP contribution is -2.03. The molecule has 0 amide bonds. The number of fused-ring (bicyclic) bond motifs is 4. The molecule has 7 nitrogen and oxygen atoms in total. The number of nitrogens with one attached hydrogen (secondary N) is 1. The zero-order chi connectivity index (χ0) is 16.8. The normalized spacial score (nSPS) is 11.5. The van der Waals surface area contributed by atoms with Gasteiger partial charge in [-0.15, -0.1) is 15.3 Å². The van der Waals surface area contributed by atoms with E-state index in [0.29, 0.717) is 21.3 Å². The van der Waals surface area contributed by atoms with Crippen molar-refractivity contribution in [1.29, 1.82) is 5.41 Å². The molecule has 0 fully saturated rings. The Morgan fingerprint density at radius 3 is 2.76 bits per heavy atom. The predicted molar refractivity (Wildman–Crippen MR) is 92.3 cm³/mol. The zero-order valence-electron chi connectivity index (χ0n) is 12.7. The van der Waals surface area contributed by atoms with Crippen LogP contribution in [0, 0.1) is 5.41 Å². The van der Waals surface area contributed by atoms with Gasteiger partial charge in [0.2, 0.25) is 10.7 Å². The highest BCUT2D eigenvalue weighted by Gasteiger charge is 2.14. The monoisotopic (exact) mass is 346 g/mol. The van der Waals surface area contributed by atoms with Crippen LogP contribution >= 0.6 is 11.8 Å². The quantitative estimate of drug-likeness (QED) is 0.528. The smallest absolute Gasteiger partial charge is 0.226 e. The van der Waals surface area contributed by atoms with Gasteiger partial charge in [-0.05, 0) is 36.0 Å². The van der Waals surface area contributed by atoms with Gasteiger partial charge in [0.1, 0.15) is 5.58 Å². The Balaban J connectivity index is 1.66. The van der Waals surface area contributed by atoms with Crippen molar-refractivity contribution in [1.82, 2.24) is 25.0 Å². The number of benzene rings is 2. The van der Waals surface area contributed by atoms with Crippen LogP contribution in [0.2, 0.25) is 0 Å². The van der Waals surface area contributed by atoms with Gasteiger partial charge in [-0.25, -0.2) is 0 Å². The number of rotatable bonds is 2. The minimum Gasteiger partial charge on any atom is -0.438 e. The van der Waals surface area contributed by atoms with E-state index in [1.54, 1.807) is 4.52 Å². The molecular formula is C17H10N6OS. The molecule has 3 heterocycles. The maximum atomic E-state index is 8.11. The molecule has 0 saturated heterocycles. The van der Waals surface area contributed by atoms with Gasteiger partial charge in [0, 0.05) is 10.8 Å². The Morgan fingerprint density at radius 1 is 0.960 bits per heavy atom. The van der Waals surface area contributed by atoms with Crippen molar-refractivity contribution in [2.75, 3.05) is 0 Å². The molecule has 0 aliphatic rings. The van der Waals surface area contributed by atoms with Gasteiger partial charge in [-0.2, -0.15) is 4.52 Å². The highest BCUT2D eigenvalue weighted by atomic mass is 32.2. The molecule has 0 aliphatic heterocycles. The topological polar surface area (TPSA) is 93.0 Å². The number of hydrogen-bond donors (Lipinski definition) is 1. The minimum atomic E-state index is 0.0780. The molecule has 5 rings (SSSR count). The average Bonchev–Trinajstić information content (AvgIpc) is 3.06. The van der Waals surface area contributed by atoms with Crippen LogP contribution < -0.4 is 5.55 Å². The molecule has 3 aromatic heterocycles. The van der Waals surface area contributed by atoms with Crippen LogP contribution in [-0.2, 0) is 0 Å². The van der Waals surface area contributed by atoms with E-state index in [4.69, 9.17) is 9.83 Å². The van der Waals surface area contributed by atoms with Crippen LogP contribution in [0.15, 0.2) is 69.1 Å². The molecule has 25 heavy (non-hydrogen) atoms. The summed E-state index contributed by atoms with van der Waals surface area (Å²) in [5, 5.41) is 27.3. The maximum Gasteiger partial charge on any atom is 0.226 e. The van der Waals surface area contributed by atoms with Crippen molar-refractivity contribution in [3.8, 4) is 0 Å². The standard InChI is InChI=1S/C17H10N6OS/c18-15-14(9-10-5-1-4-8-13(10)24-15)25-17-21-20-16-11-6-2-3-7-12(11)19-22-23(16)17/h1-9,18H. The van der Waals surface area contributed by atoms with Gasteiger partial charge in [0.15, 0.2) is 5.65 Å². The van der Waals surface area contributed by atoms with Crippen molar-refractivity contribution < 1.29 is 4.42 Å². The van der Waals surface area contributed by atoms with Crippen LogP contribution in [-0.4, -0.2) is 25.0 Å². The number of para-hydroxylation sites is 1. The van der Waals surface area contributed by atoms with Crippen LogP contribution in [0.3, 0.4) is 0 Å². The summed E-state index contributed by atoms with van der Waals surface area (Å²) >= 11 is 1.28. The summed E-state index contributed by atoms with van der Waals surface area (Å²) in [6.07, 6.45) is 0. The van der Waals surface area contributed by atoms with Gasteiger partial charge < -0.3 is 4.42 Å². The van der Waals surface area contributed by atoms with E-state index < -0.39 is 0 Å². The predicted octanol–water partition coefficient (Wildman–Crippen LogP) is 3.05. The highest BCUT2D eigenvalue weighted by Crippen LogP contribution is 2.27. The first-order valence-corrected chi connectivity index (χ1v) is 8.33. The first-order chi connectivity index (χ1) is 12.3. The molecule has 0 saturated carbocycles. The van der Waals surface area contributed by atoms with Crippen molar-refractivity contribution in [2.24, 2.45) is 0 Å². The van der Waals surface area contributed by atoms with Crippen molar-refractivity contribution in [2.45, 2.75) is 10.1 Å². The molecular weight excluding hydrogens is 336 g/mol. The van der Waals surface area contributed by atoms with E-state index in [-0.39, 0.29) is 5.55 Å². The fourth-order valence-corrected chi connectivity index (χ4v) is 3.46. The number of hydrogen-bond acceptors (Lipinski definition) is 7. The lowest BCUT2D eigenvalue weighted by atomic mass is 10.2. The molecule has 5 aromatic rings. The van der Waals surface area contributed by atoms with E-state index in [2.05, 4.69) is 20.5 Å².